The van der Waals surface area contributed by atoms with Gasteiger partial charge in [-0.05, 0) is 6.42 Å². The van der Waals surface area contributed by atoms with Crippen LogP contribution in [0.2, 0.25) is 0 Å². The summed E-state index contributed by atoms with van der Waals surface area (Å²) in [5.41, 5.74) is 10.4. The van der Waals surface area contributed by atoms with Crippen LogP contribution in [0, 0.1) is 0 Å². The molecule has 0 fully saturated rings. The van der Waals surface area contributed by atoms with Crippen molar-refractivity contribution in [3.8, 4) is 0 Å². The zero-order valence-electron chi connectivity index (χ0n) is 11.3. The van der Waals surface area contributed by atoms with Crippen molar-refractivity contribution in [1.29, 1.82) is 0 Å². The Morgan fingerprint density at radius 1 is 1.37 bits per heavy atom. The quantitative estimate of drug-likeness (QED) is 0.411. The number of primary amides is 1. The molecule has 0 rings (SSSR count). The Morgan fingerprint density at radius 2 is 2.00 bits per heavy atom. The highest BCUT2D eigenvalue weighted by Crippen LogP contribution is 1.94. The SMILES string of the molecule is COCCCNC(=O)CN(C)C(=O)C(N)CC(N)=O. The van der Waals surface area contributed by atoms with E-state index in [-0.39, 0.29) is 18.9 Å². The first-order chi connectivity index (χ1) is 8.88. The number of hydrogen-bond donors (Lipinski definition) is 3. The molecular weight excluding hydrogens is 252 g/mol. The minimum Gasteiger partial charge on any atom is -0.385 e. The molecule has 3 amide bonds. The van der Waals surface area contributed by atoms with E-state index >= 15 is 0 Å². The second-order valence-electron chi connectivity index (χ2n) is 4.17. The number of rotatable bonds is 9. The molecule has 0 radical (unpaired) electrons. The van der Waals surface area contributed by atoms with E-state index in [2.05, 4.69) is 5.32 Å². The summed E-state index contributed by atoms with van der Waals surface area (Å²) in [4.78, 5) is 35.0. The number of methoxy groups -OCH3 is 1. The van der Waals surface area contributed by atoms with Crippen LogP contribution in [0.1, 0.15) is 12.8 Å². The molecule has 19 heavy (non-hydrogen) atoms. The van der Waals surface area contributed by atoms with Crippen LogP contribution in [0.5, 0.6) is 0 Å². The lowest BCUT2D eigenvalue weighted by atomic mass is 10.2. The molecular formula is C11H22N4O4. The van der Waals surface area contributed by atoms with Gasteiger partial charge in [0.25, 0.3) is 0 Å². The zero-order chi connectivity index (χ0) is 14.8. The number of nitrogens with two attached hydrogens (primary N) is 2. The summed E-state index contributed by atoms with van der Waals surface area (Å²) >= 11 is 0. The van der Waals surface area contributed by atoms with E-state index in [9.17, 15) is 14.4 Å². The fourth-order valence-corrected chi connectivity index (χ4v) is 1.38. The third-order valence-electron chi connectivity index (χ3n) is 2.34. The summed E-state index contributed by atoms with van der Waals surface area (Å²) in [5.74, 6) is -1.44. The van der Waals surface area contributed by atoms with Gasteiger partial charge in [-0.15, -0.1) is 0 Å². The summed E-state index contributed by atoms with van der Waals surface area (Å²) in [6.07, 6.45) is 0.458. The van der Waals surface area contributed by atoms with E-state index in [1.807, 2.05) is 0 Å². The number of amides is 3. The van der Waals surface area contributed by atoms with Crippen molar-refractivity contribution in [2.75, 3.05) is 33.9 Å². The van der Waals surface area contributed by atoms with Crippen LogP contribution in [0.25, 0.3) is 0 Å². The normalized spacial score (nSPS) is 11.7. The van der Waals surface area contributed by atoms with Crippen LogP contribution in [0.4, 0.5) is 0 Å². The van der Waals surface area contributed by atoms with Crippen molar-refractivity contribution < 1.29 is 19.1 Å². The first-order valence-corrected chi connectivity index (χ1v) is 5.93. The maximum absolute atomic E-state index is 11.7. The highest BCUT2D eigenvalue weighted by molar-refractivity contribution is 5.90. The van der Waals surface area contributed by atoms with Crippen LogP contribution >= 0.6 is 0 Å². The number of carbonyl (C=O) groups is 3. The Kier molecular flexibility index (Phi) is 8.47. The van der Waals surface area contributed by atoms with Crippen molar-refractivity contribution in [3.63, 3.8) is 0 Å². The van der Waals surface area contributed by atoms with Crippen LogP contribution in [0.3, 0.4) is 0 Å². The van der Waals surface area contributed by atoms with E-state index in [4.69, 9.17) is 16.2 Å². The van der Waals surface area contributed by atoms with Gasteiger partial charge in [0.2, 0.25) is 17.7 Å². The molecule has 0 aromatic heterocycles. The largest absolute Gasteiger partial charge is 0.385 e. The van der Waals surface area contributed by atoms with Gasteiger partial charge >= 0.3 is 0 Å². The Morgan fingerprint density at radius 3 is 2.53 bits per heavy atom. The minimum atomic E-state index is -1.01. The lowest BCUT2D eigenvalue weighted by Gasteiger charge is -2.20. The Labute approximate surface area is 112 Å². The van der Waals surface area contributed by atoms with Crippen LogP contribution in [0.15, 0.2) is 0 Å². The van der Waals surface area contributed by atoms with E-state index in [0.717, 1.165) is 0 Å². The van der Waals surface area contributed by atoms with Gasteiger partial charge in [-0.25, -0.2) is 0 Å². The van der Waals surface area contributed by atoms with Gasteiger partial charge in [0.15, 0.2) is 0 Å². The van der Waals surface area contributed by atoms with Crippen molar-refractivity contribution in [1.82, 2.24) is 10.2 Å². The average Bonchev–Trinajstić information content (AvgIpc) is 2.32. The van der Waals surface area contributed by atoms with E-state index in [0.29, 0.717) is 19.6 Å². The molecule has 0 bridgehead atoms. The van der Waals surface area contributed by atoms with Crippen molar-refractivity contribution in [2.45, 2.75) is 18.9 Å². The van der Waals surface area contributed by atoms with Crippen molar-refractivity contribution >= 4 is 17.7 Å². The summed E-state index contributed by atoms with van der Waals surface area (Å²) < 4.78 is 4.84. The molecule has 0 aromatic rings. The molecule has 0 aliphatic rings. The lowest BCUT2D eigenvalue weighted by Crippen LogP contribution is -2.47. The van der Waals surface area contributed by atoms with Gasteiger partial charge in [-0.1, -0.05) is 0 Å². The molecule has 8 nitrogen and oxygen atoms in total. The molecule has 8 heteroatoms. The molecule has 0 saturated carbocycles. The van der Waals surface area contributed by atoms with E-state index < -0.39 is 17.9 Å². The number of nitrogens with zero attached hydrogens (tertiary/aromatic N) is 1. The molecule has 5 N–H and O–H groups in total. The molecule has 0 aliphatic heterocycles. The van der Waals surface area contributed by atoms with Crippen LogP contribution in [-0.2, 0) is 19.1 Å². The van der Waals surface area contributed by atoms with Gasteiger partial charge in [-0.2, -0.15) is 0 Å². The second kappa shape index (κ2) is 9.29. The molecule has 0 heterocycles. The smallest absolute Gasteiger partial charge is 0.240 e. The van der Waals surface area contributed by atoms with Crippen LogP contribution in [-0.4, -0.2) is 62.5 Å². The lowest BCUT2D eigenvalue weighted by molar-refractivity contribution is -0.136. The number of carbonyl (C=O) groups excluding carboxylic acids is 3. The summed E-state index contributed by atoms with van der Waals surface area (Å²) in [5, 5.41) is 2.64. The number of ether oxygens (including phenoxy) is 1. The van der Waals surface area contributed by atoms with Gasteiger partial charge in [0.1, 0.15) is 0 Å². The first-order valence-electron chi connectivity index (χ1n) is 5.93. The van der Waals surface area contributed by atoms with Gasteiger partial charge in [0.05, 0.1) is 19.0 Å². The van der Waals surface area contributed by atoms with Crippen LogP contribution < -0.4 is 16.8 Å². The summed E-state index contributed by atoms with van der Waals surface area (Å²) in [6, 6.07) is -1.01. The predicted molar refractivity (Wildman–Crippen MR) is 68.9 cm³/mol. The molecule has 1 unspecified atom stereocenters. The molecule has 0 aliphatic carbocycles. The third kappa shape index (κ3) is 8.11. The van der Waals surface area contributed by atoms with E-state index in [1.165, 1.54) is 11.9 Å². The molecule has 0 spiro atoms. The summed E-state index contributed by atoms with van der Waals surface area (Å²) in [7, 11) is 3.02. The highest BCUT2D eigenvalue weighted by Gasteiger charge is 2.21. The Bertz CT molecular complexity index is 322. The standard InChI is InChI=1S/C11H22N4O4/c1-15(11(18)8(12)6-9(13)16)7-10(17)14-4-3-5-19-2/h8H,3-7,12H2,1-2H3,(H2,13,16)(H,14,17). The van der Waals surface area contributed by atoms with Crippen molar-refractivity contribution in [2.24, 2.45) is 11.5 Å². The highest BCUT2D eigenvalue weighted by atomic mass is 16.5. The average molecular weight is 274 g/mol. The number of nitrogens with one attached hydrogen (secondary N) is 1. The number of likely N-dealkylation sites (N-methyl/N-ethyl adjacent to an activating group) is 1. The minimum absolute atomic E-state index is 0.113. The van der Waals surface area contributed by atoms with Gasteiger partial charge < -0.3 is 26.4 Å². The third-order valence-corrected chi connectivity index (χ3v) is 2.34. The molecule has 0 saturated heterocycles. The second-order valence-corrected chi connectivity index (χ2v) is 4.17. The monoisotopic (exact) mass is 274 g/mol. The first kappa shape index (κ1) is 17.3. The Hall–Kier alpha value is -1.67. The molecule has 1 atom stereocenters. The predicted octanol–water partition coefficient (Wildman–Crippen LogP) is -2.20. The van der Waals surface area contributed by atoms with Gasteiger partial charge in [0, 0.05) is 27.3 Å². The molecule has 110 valence electrons. The maximum Gasteiger partial charge on any atom is 0.240 e. The van der Waals surface area contributed by atoms with E-state index in [1.54, 1.807) is 7.11 Å². The maximum atomic E-state index is 11.7. The number of hydrogen-bond acceptors (Lipinski definition) is 5. The topological polar surface area (TPSA) is 128 Å². The Balaban J connectivity index is 4.00. The molecule has 0 aromatic carbocycles. The summed E-state index contributed by atoms with van der Waals surface area (Å²) in [6.45, 7) is 0.916. The zero-order valence-corrected chi connectivity index (χ0v) is 11.3. The fraction of sp³-hybridized carbons (Fsp3) is 0.727. The van der Waals surface area contributed by atoms with Crippen molar-refractivity contribution in [3.05, 3.63) is 0 Å². The van der Waals surface area contributed by atoms with Gasteiger partial charge in [-0.3, -0.25) is 14.4 Å². The fourth-order valence-electron chi connectivity index (χ4n) is 1.38.